The lowest BCUT2D eigenvalue weighted by atomic mass is 10.0. The van der Waals surface area contributed by atoms with Gasteiger partial charge in [0.2, 0.25) is 5.28 Å². The molecule has 0 spiro atoms. The summed E-state index contributed by atoms with van der Waals surface area (Å²) >= 11 is 6.24. The maximum Gasteiger partial charge on any atom is 0.332 e. The zero-order valence-electron chi connectivity index (χ0n) is 14.1. The van der Waals surface area contributed by atoms with Crippen LogP contribution in [0.3, 0.4) is 0 Å². The number of hydrogen-bond donors (Lipinski definition) is 0. The summed E-state index contributed by atoms with van der Waals surface area (Å²) in [5.74, 6) is 0.457. The lowest BCUT2D eigenvalue weighted by molar-refractivity contribution is 0.702. The van der Waals surface area contributed by atoms with Crippen LogP contribution in [0.4, 0.5) is 0 Å². The van der Waals surface area contributed by atoms with Crippen molar-refractivity contribution >= 4 is 22.8 Å². The maximum absolute atomic E-state index is 12.5. The van der Waals surface area contributed by atoms with Crippen LogP contribution in [0, 0.1) is 0 Å². The second kappa shape index (κ2) is 5.94. The van der Waals surface area contributed by atoms with Crippen LogP contribution >= 0.6 is 11.6 Å². The van der Waals surface area contributed by atoms with Gasteiger partial charge in [-0.3, -0.25) is 13.9 Å². The molecule has 0 N–H and O–H groups in total. The third-order valence-corrected chi connectivity index (χ3v) is 4.58. The van der Waals surface area contributed by atoms with Crippen molar-refractivity contribution in [3.8, 4) is 0 Å². The third-order valence-electron chi connectivity index (χ3n) is 4.29. The van der Waals surface area contributed by atoms with Crippen LogP contribution < -0.4 is 11.2 Å². The molecule has 24 heavy (non-hydrogen) atoms. The molecule has 2 heterocycles. The largest absolute Gasteiger partial charge is 0.332 e. The van der Waals surface area contributed by atoms with E-state index in [9.17, 15) is 9.59 Å². The topological polar surface area (TPSA) is 61.8 Å². The molecule has 0 aliphatic heterocycles. The Morgan fingerprint density at radius 3 is 2.29 bits per heavy atom. The van der Waals surface area contributed by atoms with E-state index in [2.05, 4.69) is 31.0 Å². The number of halogens is 1. The van der Waals surface area contributed by atoms with Gasteiger partial charge in [-0.15, -0.1) is 0 Å². The Morgan fingerprint density at radius 1 is 1.08 bits per heavy atom. The van der Waals surface area contributed by atoms with Gasteiger partial charge in [-0.2, -0.15) is 4.98 Å². The zero-order valence-corrected chi connectivity index (χ0v) is 14.8. The van der Waals surface area contributed by atoms with E-state index in [0.29, 0.717) is 23.6 Å². The summed E-state index contributed by atoms with van der Waals surface area (Å²) in [6.07, 6.45) is 0. The van der Waals surface area contributed by atoms with Crippen LogP contribution in [0.5, 0.6) is 0 Å². The van der Waals surface area contributed by atoms with Gasteiger partial charge in [-0.1, -0.05) is 38.1 Å². The molecule has 0 saturated carbocycles. The van der Waals surface area contributed by atoms with Crippen molar-refractivity contribution in [3.05, 3.63) is 61.5 Å². The molecular weight excluding hydrogens is 328 g/mol. The Morgan fingerprint density at radius 2 is 1.71 bits per heavy atom. The summed E-state index contributed by atoms with van der Waals surface area (Å²) in [5, 5.41) is 0.191. The predicted octanol–water partition coefficient (Wildman–Crippen LogP) is 2.26. The first-order valence-corrected chi connectivity index (χ1v) is 8.09. The number of aryl methyl sites for hydroxylation is 1. The number of aromatic nitrogens is 4. The van der Waals surface area contributed by atoms with Crippen molar-refractivity contribution < 1.29 is 0 Å². The van der Waals surface area contributed by atoms with Crippen molar-refractivity contribution in [3.63, 3.8) is 0 Å². The SMILES string of the molecule is CC(C)c1ccc(Cn2c(Cl)nc3c2c(=O)n(C)c(=O)n3C)cc1. The van der Waals surface area contributed by atoms with Gasteiger partial charge in [0.15, 0.2) is 11.2 Å². The molecular formula is C17H19ClN4O2. The van der Waals surface area contributed by atoms with Gasteiger partial charge in [0.25, 0.3) is 5.56 Å². The number of hydrogen-bond acceptors (Lipinski definition) is 3. The third kappa shape index (κ3) is 2.57. The number of fused-ring (bicyclic) bond motifs is 1. The molecule has 126 valence electrons. The highest BCUT2D eigenvalue weighted by molar-refractivity contribution is 6.29. The van der Waals surface area contributed by atoms with E-state index < -0.39 is 11.2 Å². The van der Waals surface area contributed by atoms with Crippen LogP contribution in [0.2, 0.25) is 5.28 Å². The second-order valence-corrected chi connectivity index (χ2v) is 6.58. The highest BCUT2D eigenvalue weighted by Gasteiger charge is 2.18. The van der Waals surface area contributed by atoms with Crippen molar-refractivity contribution in [2.45, 2.75) is 26.3 Å². The second-order valence-electron chi connectivity index (χ2n) is 6.24. The molecule has 0 radical (unpaired) electrons. The van der Waals surface area contributed by atoms with Crippen LogP contribution in [-0.2, 0) is 20.6 Å². The minimum absolute atomic E-state index is 0.191. The van der Waals surface area contributed by atoms with Crippen LogP contribution in [0.15, 0.2) is 33.9 Å². The molecule has 0 fully saturated rings. The highest BCUT2D eigenvalue weighted by atomic mass is 35.5. The monoisotopic (exact) mass is 346 g/mol. The molecule has 3 rings (SSSR count). The van der Waals surface area contributed by atoms with E-state index >= 15 is 0 Å². The first-order chi connectivity index (χ1) is 11.3. The molecule has 0 amide bonds. The fourth-order valence-electron chi connectivity index (χ4n) is 2.75. The van der Waals surface area contributed by atoms with Crippen LogP contribution in [0.25, 0.3) is 11.2 Å². The summed E-state index contributed by atoms with van der Waals surface area (Å²) in [5.41, 5.74) is 2.07. The standard InChI is InChI=1S/C17H19ClN4O2/c1-10(2)12-7-5-11(6-8-12)9-22-13-14(19-16(22)18)20(3)17(24)21(4)15(13)23/h5-8,10H,9H2,1-4H3. The summed E-state index contributed by atoms with van der Waals surface area (Å²) in [7, 11) is 3.03. The van der Waals surface area contributed by atoms with Crippen molar-refractivity contribution in [2.75, 3.05) is 0 Å². The van der Waals surface area contributed by atoms with E-state index in [1.807, 2.05) is 12.1 Å². The molecule has 7 heteroatoms. The number of benzene rings is 1. The van der Waals surface area contributed by atoms with Gasteiger partial charge in [0, 0.05) is 14.1 Å². The minimum atomic E-state index is -0.421. The Labute approximate surface area is 143 Å². The molecule has 6 nitrogen and oxygen atoms in total. The van der Waals surface area contributed by atoms with Crippen LogP contribution in [0.1, 0.15) is 30.9 Å². The van der Waals surface area contributed by atoms with Gasteiger partial charge < -0.3 is 4.57 Å². The molecule has 0 aliphatic rings. The molecule has 2 aromatic heterocycles. The highest BCUT2D eigenvalue weighted by Crippen LogP contribution is 2.19. The van der Waals surface area contributed by atoms with Crippen molar-refractivity contribution in [1.82, 2.24) is 18.7 Å². The Bertz CT molecular complexity index is 1030. The first kappa shape index (κ1) is 16.5. The normalized spacial score (nSPS) is 11.6. The Balaban J connectivity index is 2.15. The van der Waals surface area contributed by atoms with E-state index in [1.165, 1.54) is 17.2 Å². The average Bonchev–Trinajstić information content (AvgIpc) is 2.88. The number of imidazole rings is 1. The fourth-order valence-corrected chi connectivity index (χ4v) is 2.98. The van der Waals surface area contributed by atoms with Crippen molar-refractivity contribution in [1.29, 1.82) is 0 Å². The van der Waals surface area contributed by atoms with Crippen LogP contribution in [-0.4, -0.2) is 18.7 Å². The van der Waals surface area contributed by atoms with E-state index in [4.69, 9.17) is 11.6 Å². The summed E-state index contributed by atoms with van der Waals surface area (Å²) in [4.78, 5) is 28.7. The van der Waals surface area contributed by atoms with Gasteiger partial charge in [0.1, 0.15) is 0 Å². The molecule has 0 atom stereocenters. The van der Waals surface area contributed by atoms with Gasteiger partial charge in [-0.25, -0.2) is 4.79 Å². The lowest BCUT2D eigenvalue weighted by Crippen LogP contribution is -2.37. The number of rotatable bonds is 3. The maximum atomic E-state index is 12.5. The lowest BCUT2D eigenvalue weighted by Gasteiger charge is -2.09. The first-order valence-electron chi connectivity index (χ1n) is 7.72. The van der Waals surface area contributed by atoms with Gasteiger partial charge in [-0.05, 0) is 28.6 Å². The number of nitrogens with zero attached hydrogens (tertiary/aromatic N) is 4. The molecule has 0 unspecified atom stereocenters. The predicted molar refractivity (Wildman–Crippen MR) is 94.9 cm³/mol. The van der Waals surface area contributed by atoms with Crippen molar-refractivity contribution in [2.24, 2.45) is 14.1 Å². The van der Waals surface area contributed by atoms with E-state index in [-0.39, 0.29) is 5.28 Å². The van der Waals surface area contributed by atoms with E-state index in [0.717, 1.165) is 10.1 Å². The smallest absolute Gasteiger partial charge is 0.304 e. The van der Waals surface area contributed by atoms with Gasteiger partial charge in [0.05, 0.1) is 6.54 Å². The molecule has 1 aromatic carbocycles. The Kier molecular flexibility index (Phi) is 4.09. The average molecular weight is 347 g/mol. The summed E-state index contributed by atoms with van der Waals surface area (Å²) < 4.78 is 4.04. The van der Waals surface area contributed by atoms with E-state index in [1.54, 1.807) is 11.6 Å². The summed E-state index contributed by atoms with van der Waals surface area (Å²) in [6, 6.07) is 8.18. The molecule has 0 saturated heterocycles. The Hall–Kier alpha value is -2.34. The molecule has 3 aromatic rings. The fraction of sp³-hybridized carbons (Fsp3) is 0.353. The molecule has 0 bridgehead atoms. The molecule has 0 aliphatic carbocycles. The minimum Gasteiger partial charge on any atom is -0.304 e. The summed E-state index contributed by atoms with van der Waals surface area (Å²) in [6.45, 7) is 4.69. The zero-order chi connectivity index (χ0) is 17.6. The quantitative estimate of drug-likeness (QED) is 0.683. The van der Waals surface area contributed by atoms with Gasteiger partial charge >= 0.3 is 5.69 Å².